The monoisotopic (exact) mass is 323 g/mol. The Kier molecular flexibility index (Phi) is 7.00. The van der Waals surface area contributed by atoms with Gasteiger partial charge in [0.05, 0.1) is 11.5 Å². The van der Waals surface area contributed by atoms with E-state index in [1.54, 1.807) is 19.1 Å². The lowest BCUT2D eigenvalue weighted by molar-refractivity contribution is 0.257. The molecule has 2 aromatic carbocycles. The molecule has 0 aliphatic heterocycles. The standard InChI is InChI=1S/C15H19NO3S.C2H6/c1-3-16(10-11-17)20(18,19)15-9-5-7-13-12(2)6-4-8-14(13)15;1-2/h4-9,17H,3,10-11H2,1-2H3;1-2H3. The summed E-state index contributed by atoms with van der Waals surface area (Å²) in [7, 11) is -3.58. The van der Waals surface area contributed by atoms with Crippen molar-refractivity contribution in [3.8, 4) is 0 Å². The molecule has 0 atom stereocenters. The molecule has 0 fully saturated rings. The second-order valence-corrected chi connectivity index (χ2v) is 6.55. The maximum absolute atomic E-state index is 12.7. The molecule has 22 heavy (non-hydrogen) atoms. The van der Waals surface area contributed by atoms with Crippen molar-refractivity contribution in [3.05, 3.63) is 42.0 Å². The van der Waals surface area contributed by atoms with Gasteiger partial charge in [-0.3, -0.25) is 0 Å². The molecule has 0 bridgehead atoms. The molecule has 0 saturated heterocycles. The highest BCUT2D eigenvalue weighted by Gasteiger charge is 2.24. The van der Waals surface area contributed by atoms with Gasteiger partial charge in [-0.15, -0.1) is 0 Å². The first kappa shape index (κ1) is 18.6. The van der Waals surface area contributed by atoms with Crippen LogP contribution in [0.4, 0.5) is 0 Å². The molecule has 1 N–H and O–H groups in total. The van der Waals surface area contributed by atoms with Crippen LogP contribution in [0.5, 0.6) is 0 Å². The topological polar surface area (TPSA) is 57.6 Å². The zero-order chi connectivity index (χ0) is 16.8. The number of likely N-dealkylation sites (N-methyl/N-ethyl adjacent to an activating group) is 1. The van der Waals surface area contributed by atoms with Gasteiger partial charge in [-0.2, -0.15) is 4.31 Å². The Labute approximate surface area is 133 Å². The molecule has 122 valence electrons. The van der Waals surface area contributed by atoms with E-state index >= 15 is 0 Å². The molecule has 0 aromatic heterocycles. The number of hydrogen-bond donors (Lipinski definition) is 1. The Morgan fingerprint density at radius 1 is 1.05 bits per heavy atom. The number of nitrogens with zero attached hydrogens (tertiary/aromatic N) is 1. The summed E-state index contributed by atoms with van der Waals surface area (Å²) < 4.78 is 26.7. The predicted molar refractivity (Wildman–Crippen MR) is 91.6 cm³/mol. The Hall–Kier alpha value is -1.43. The van der Waals surface area contributed by atoms with Crippen LogP contribution in [-0.4, -0.2) is 37.5 Å². The summed E-state index contributed by atoms with van der Waals surface area (Å²) in [6, 6.07) is 10.9. The predicted octanol–water partition coefficient (Wildman–Crippen LogP) is 3.18. The van der Waals surface area contributed by atoms with E-state index in [4.69, 9.17) is 5.11 Å². The van der Waals surface area contributed by atoms with Crippen molar-refractivity contribution < 1.29 is 13.5 Å². The minimum Gasteiger partial charge on any atom is -0.395 e. The van der Waals surface area contributed by atoms with E-state index in [9.17, 15) is 8.42 Å². The number of fused-ring (bicyclic) bond motifs is 1. The number of aryl methyl sites for hydroxylation is 1. The van der Waals surface area contributed by atoms with Crippen molar-refractivity contribution >= 4 is 20.8 Å². The fourth-order valence-corrected chi connectivity index (χ4v) is 4.01. The van der Waals surface area contributed by atoms with Crippen molar-refractivity contribution in [2.24, 2.45) is 0 Å². The third-order valence-corrected chi connectivity index (χ3v) is 5.45. The Bertz CT molecular complexity index is 711. The summed E-state index contributed by atoms with van der Waals surface area (Å²) in [4.78, 5) is 0.300. The van der Waals surface area contributed by atoms with E-state index in [-0.39, 0.29) is 13.2 Å². The quantitative estimate of drug-likeness (QED) is 0.919. The van der Waals surface area contributed by atoms with Gasteiger partial charge < -0.3 is 5.11 Å². The van der Waals surface area contributed by atoms with E-state index < -0.39 is 10.0 Å². The third kappa shape index (κ3) is 3.66. The summed E-state index contributed by atoms with van der Waals surface area (Å²) in [5.41, 5.74) is 1.05. The smallest absolute Gasteiger partial charge is 0.243 e. The van der Waals surface area contributed by atoms with E-state index in [1.807, 2.05) is 45.0 Å². The zero-order valence-electron chi connectivity index (χ0n) is 13.7. The first-order chi connectivity index (χ1) is 10.5. The molecule has 0 saturated carbocycles. The molecule has 0 aliphatic rings. The van der Waals surface area contributed by atoms with Crippen molar-refractivity contribution in [3.63, 3.8) is 0 Å². The largest absolute Gasteiger partial charge is 0.395 e. The molecular weight excluding hydrogens is 298 g/mol. The molecule has 0 amide bonds. The molecule has 0 radical (unpaired) electrons. The summed E-state index contributed by atoms with van der Waals surface area (Å²) in [6.07, 6.45) is 0. The molecule has 0 heterocycles. The summed E-state index contributed by atoms with van der Waals surface area (Å²) in [5.74, 6) is 0. The molecule has 0 aliphatic carbocycles. The molecular formula is C17H25NO3S. The van der Waals surface area contributed by atoms with Gasteiger partial charge in [-0.1, -0.05) is 51.1 Å². The molecule has 2 rings (SSSR count). The van der Waals surface area contributed by atoms with Crippen LogP contribution in [-0.2, 0) is 10.0 Å². The fraction of sp³-hybridized carbons (Fsp3) is 0.412. The van der Waals surface area contributed by atoms with E-state index in [0.717, 1.165) is 16.3 Å². The highest BCUT2D eigenvalue weighted by molar-refractivity contribution is 7.89. The SMILES string of the molecule is CC.CCN(CCO)S(=O)(=O)c1cccc2c(C)cccc12. The van der Waals surface area contributed by atoms with Crippen LogP contribution in [0.2, 0.25) is 0 Å². The van der Waals surface area contributed by atoms with Gasteiger partial charge in [-0.05, 0) is 23.9 Å². The number of aliphatic hydroxyl groups is 1. The first-order valence-corrected chi connectivity index (χ1v) is 9.05. The normalized spacial score (nSPS) is 11.4. The minimum atomic E-state index is -3.58. The van der Waals surface area contributed by atoms with Gasteiger partial charge in [0, 0.05) is 18.5 Å². The highest BCUT2D eigenvalue weighted by Crippen LogP contribution is 2.27. The Morgan fingerprint density at radius 3 is 2.23 bits per heavy atom. The molecule has 4 nitrogen and oxygen atoms in total. The van der Waals surface area contributed by atoms with Crippen molar-refractivity contribution in [1.82, 2.24) is 4.31 Å². The van der Waals surface area contributed by atoms with Crippen LogP contribution in [0.25, 0.3) is 10.8 Å². The number of benzene rings is 2. The van der Waals surface area contributed by atoms with E-state index in [1.165, 1.54) is 4.31 Å². The van der Waals surface area contributed by atoms with E-state index in [0.29, 0.717) is 11.4 Å². The number of rotatable bonds is 5. The maximum atomic E-state index is 12.7. The van der Waals surface area contributed by atoms with Crippen LogP contribution < -0.4 is 0 Å². The van der Waals surface area contributed by atoms with Gasteiger partial charge >= 0.3 is 0 Å². The first-order valence-electron chi connectivity index (χ1n) is 7.61. The van der Waals surface area contributed by atoms with Gasteiger partial charge in [-0.25, -0.2) is 8.42 Å². The van der Waals surface area contributed by atoms with Gasteiger partial charge in [0.1, 0.15) is 0 Å². The third-order valence-electron chi connectivity index (χ3n) is 3.42. The van der Waals surface area contributed by atoms with Gasteiger partial charge in [0.15, 0.2) is 0 Å². The van der Waals surface area contributed by atoms with Crippen LogP contribution >= 0.6 is 0 Å². The van der Waals surface area contributed by atoms with Gasteiger partial charge in [0.2, 0.25) is 10.0 Å². The lowest BCUT2D eigenvalue weighted by atomic mass is 10.1. The Balaban J connectivity index is 0.00000116. The summed E-state index contributed by atoms with van der Waals surface area (Å²) in [5, 5.41) is 10.7. The lowest BCUT2D eigenvalue weighted by Gasteiger charge is -2.20. The van der Waals surface area contributed by atoms with Crippen molar-refractivity contribution in [2.45, 2.75) is 32.6 Å². The number of hydrogen-bond acceptors (Lipinski definition) is 3. The number of sulfonamides is 1. The molecule has 0 spiro atoms. The second kappa shape index (κ2) is 8.27. The van der Waals surface area contributed by atoms with Crippen LogP contribution in [0.1, 0.15) is 26.3 Å². The van der Waals surface area contributed by atoms with Crippen LogP contribution in [0.3, 0.4) is 0 Å². The second-order valence-electron chi connectivity index (χ2n) is 4.65. The zero-order valence-corrected chi connectivity index (χ0v) is 14.5. The molecule has 5 heteroatoms. The van der Waals surface area contributed by atoms with E-state index in [2.05, 4.69) is 0 Å². The molecule has 2 aromatic rings. The minimum absolute atomic E-state index is 0.112. The van der Waals surface area contributed by atoms with Gasteiger partial charge in [0.25, 0.3) is 0 Å². The Morgan fingerprint density at radius 2 is 1.64 bits per heavy atom. The maximum Gasteiger partial charge on any atom is 0.243 e. The number of aliphatic hydroxyl groups excluding tert-OH is 1. The molecule has 0 unspecified atom stereocenters. The van der Waals surface area contributed by atoms with Crippen LogP contribution in [0, 0.1) is 6.92 Å². The average Bonchev–Trinajstić information content (AvgIpc) is 2.54. The lowest BCUT2D eigenvalue weighted by Crippen LogP contribution is -2.33. The average molecular weight is 323 g/mol. The van der Waals surface area contributed by atoms with Crippen LogP contribution in [0.15, 0.2) is 41.3 Å². The highest BCUT2D eigenvalue weighted by atomic mass is 32.2. The van der Waals surface area contributed by atoms with Crippen molar-refractivity contribution in [2.75, 3.05) is 19.7 Å². The van der Waals surface area contributed by atoms with Crippen molar-refractivity contribution in [1.29, 1.82) is 0 Å². The fourth-order valence-electron chi connectivity index (χ4n) is 2.36. The summed E-state index contributed by atoms with van der Waals surface area (Å²) in [6.45, 7) is 8.00. The summed E-state index contributed by atoms with van der Waals surface area (Å²) >= 11 is 0.